The number of hydrogen-bond acceptors (Lipinski definition) is 5. The van der Waals surface area contributed by atoms with Gasteiger partial charge in [0, 0.05) is 30.1 Å². The summed E-state index contributed by atoms with van der Waals surface area (Å²) in [7, 11) is -1.53. The van der Waals surface area contributed by atoms with Crippen molar-refractivity contribution in [3.63, 3.8) is 0 Å². The quantitative estimate of drug-likeness (QED) is 0.750. The highest BCUT2D eigenvalue weighted by molar-refractivity contribution is 6.59. The highest BCUT2D eigenvalue weighted by Crippen LogP contribution is 2.41. The molecule has 0 aliphatic carbocycles. The van der Waals surface area contributed by atoms with E-state index in [4.69, 9.17) is 16.3 Å². The Morgan fingerprint density at radius 3 is 2.39 bits per heavy atom. The molecule has 2 heterocycles. The number of likely N-dealkylation sites (tertiary alicyclic amines) is 2. The maximum Gasteiger partial charge on any atom is 0.488 e. The number of halogens is 1. The van der Waals surface area contributed by atoms with Crippen LogP contribution in [0.4, 0.5) is 4.79 Å². The molecule has 0 bridgehead atoms. The Morgan fingerprint density at radius 2 is 1.86 bits per heavy atom. The third-order valence-electron chi connectivity index (χ3n) is 5.75. The zero-order chi connectivity index (χ0) is 20.7. The molecule has 2 aliphatic rings. The van der Waals surface area contributed by atoms with E-state index in [-0.39, 0.29) is 11.5 Å². The number of aryl methyl sites for hydroxylation is 1. The van der Waals surface area contributed by atoms with Crippen LogP contribution in [0.15, 0.2) is 12.1 Å². The fraction of sp³-hybridized carbons (Fsp3) is 0.650. The van der Waals surface area contributed by atoms with Crippen LogP contribution >= 0.6 is 11.6 Å². The lowest BCUT2D eigenvalue weighted by Gasteiger charge is -2.53. The maximum atomic E-state index is 12.2. The summed E-state index contributed by atoms with van der Waals surface area (Å²) in [6.07, 6.45) is 1.82. The van der Waals surface area contributed by atoms with Crippen molar-refractivity contribution >= 4 is 30.3 Å². The van der Waals surface area contributed by atoms with Gasteiger partial charge in [-0.3, -0.25) is 4.90 Å². The lowest BCUT2D eigenvalue weighted by molar-refractivity contribution is -0.0600. The standard InChI is InChI=1S/C20H30BClN2O4/c1-14-9-15(22)10-17(21(26)27)16(14)11-23-7-5-20(6-8-23)12-24(13-20)18(25)28-19(2,3)4/h9-10,26-27H,5-8,11-13H2,1-4H3. The van der Waals surface area contributed by atoms with Gasteiger partial charge in [-0.05, 0) is 82.3 Å². The largest absolute Gasteiger partial charge is 0.488 e. The van der Waals surface area contributed by atoms with Gasteiger partial charge in [0.2, 0.25) is 0 Å². The summed E-state index contributed by atoms with van der Waals surface area (Å²) in [5.41, 5.74) is 2.11. The Morgan fingerprint density at radius 1 is 1.25 bits per heavy atom. The molecule has 0 atom stereocenters. The molecular formula is C20H30BClN2O4. The topological polar surface area (TPSA) is 73.2 Å². The van der Waals surface area contributed by atoms with Gasteiger partial charge in [-0.1, -0.05) is 11.6 Å². The van der Waals surface area contributed by atoms with Gasteiger partial charge in [0.15, 0.2) is 0 Å². The number of carbonyl (C=O) groups excluding carboxylic acids is 1. The minimum absolute atomic E-state index is 0.196. The third kappa shape index (κ3) is 4.82. The van der Waals surface area contributed by atoms with Crippen LogP contribution in [-0.4, -0.2) is 64.8 Å². The molecule has 0 saturated carbocycles. The summed E-state index contributed by atoms with van der Waals surface area (Å²) in [5, 5.41) is 19.9. The molecule has 1 aromatic rings. The van der Waals surface area contributed by atoms with E-state index in [1.165, 1.54) is 0 Å². The van der Waals surface area contributed by atoms with Gasteiger partial charge in [-0.15, -0.1) is 0 Å². The van der Waals surface area contributed by atoms with Crippen molar-refractivity contribution in [2.24, 2.45) is 5.41 Å². The number of ether oxygens (including phenoxy) is 1. The Balaban J connectivity index is 1.56. The molecule has 2 fully saturated rings. The average molecular weight is 409 g/mol. The minimum atomic E-state index is -1.53. The van der Waals surface area contributed by atoms with Gasteiger partial charge < -0.3 is 19.7 Å². The first kappa shape index (κ1) is 21.4. The summed E-state index contributed by atoms with van der Waals surface area (Å²) >= 11 is 6.07. The van der Waals surface area contributed by atoms with Crippen LogP contribution in [0.1, 0.15) is 44.7 Å². The summed E-state index contributed by atoms with van der Waals surface area (Å²) in [4.78, 5) is 16.3. The van der Waals surface area contributed by atoms with Gasteiger partial charge in [0.25, 0.3) is 0 Å². The SMILES string of the molecule is Cc1cc(Cl)cc(B(O)O)c1CN1CCC2(CC1)CN(C(=O)OC(C)(C)C)C2. The number of rotatable bonds is 3. The number of benzene rings is 1. The molecule has 3 rings (SSSR count). The van der Waals surface area contributed by atoms with E-state index in [2.05, 4.69) is 4.90 Å². The molecule has 6 nitrogen and oxygen atoms in total. The lowest BCUT2D eigenvalue weighted by Crippen LogP contribution is -2.62. The van der Waals surface area contributed by atoms with Crippen molar-refractivity contribution in [1.29, 1.82) is 0 Å². The second-order valence-electron chi connectivity index (χ2n) is 9.28. The first-order valence-corrected chi connectivity index (χ1v) is 10.2. The van der Waals surface area contributed by atoms with Crippen LogP contribution in [0, 0.1) is 12.3 Å². The van der Waals surface area contributed by atoms with Crippen molar-refractivity contribution in [1.82, 2.24) is 9.80 Å². The minimum Gasteiger partial charge on any atom is -0.444 e. The van der Waals surface area contributed by atoms with Gasteiger partial charge in [0.05, 0.1) is 0 Å². The van der Waals surface area contributed by atoms with Gasteiger partial charge in [-0.25, -0.2) is 4.79 Å². The summed E-state index contributed by atoms with van der Waals surface area (Å²) < 4.78 is 5.45. The molecule has 2 saturated heterocycles. The predicted octanol–water partition coefficient (Wildman–Crippen LogP) is 2.16. The molecule has 154 valence electrons. The number of carbonyl (C=O) groups is 1. The molecule has 0 aromatic heterocycles. The predicted molar refractivity (Wildman–Crippen MR) is 111 cm³/mol. The van der Waals surface area contributed by atoms with Crippen molar-refractivity contribution in [2.45, 2.75) is 52.7 Å². The third-order valence-corrected chi connectivity index (χ3v) is 5.97. The Labute approximate surface area is 172 Å². The van der Waals surface area contributed by atoms with Crippen LogP contribution in [-0.2, 0) is 11.3 Å². The molecular weight excluding hydrogens is 378 g/mol. The van der Waals surface area contributed by atoms with Crippen molar-refractivity contribution < 1.29 is 19.6 Å². The summed E-state index contributed by atoms with van der Waals surface area (Å²) in [6, 6.07) is 3.49. The second kappa shape index (κ2) is 7.86. The maximum absolute atomic E-state index is 12.2. The highest BCUT2D eigenvalue weighted by atomic mass is 35.5. The Kier molecular flexibility index (Phi) is 6.02. The zero-order valence-electron chi connectivity index (χ0n) is 17.2. The number of amides is 1. The first-order valence-electron chi connectivity index (χ1n) is 9.83. The van der Waals surface area contributed by atoms with Crippen molar-refractivity contribution in [3.05, 3.63) is 28.3 Å². The zero-order valence-corrected chi connectivity index (χ0v) is 17.9. The van der Waals surface area contributed by atoms with E-state index in [0.717, 1.165) is 50.1 Å². The van der Waals surface area contributed by atoms with E-state index in [1.54, 1.807) is 11.0 Å². The van der Waals surface area contributed by atoms with Crippen molar-refractivity contribution in [2.75, 3.05) is 26.2 Å². The molecule has 2 N–H and O–H groups in total. The van der Waals surface area contributed by atoms with Crippen LogP contribution in [0.25, 0.3) is 0 Å². The van der Waals surface area contributed by atoms with Gasteiger partial charge in [-0.2, -0.15) is 0 Å². The van der Waals surface area contributed by atoms with Crippen LogP contribution in [0.3, 0.4) is 0 Å². The summed E-state index contributed by atoms with van der Waals surface area (Å²) in [6.45, 7) is 11.6. The van der Waals surface area contributed by atoms with E-state index >= 15 is 0 Å². The van der Waals surface area contributed by atoms with E-state index in [9.17, 15) is 14.8 Å². The summed E-state index contributed by atoms with van der Waals surface area (Å²) in [5.74, 6) is 0. The molecule has 2 aliphatic heterocycles. The Hall–Kier alpha value is -1.28. The van der Waals surface area contributed by atoms with E-state index < -0.39 is 12.7 Å². The van der Waals surface area contributed by atoms with E-state index in [0.29, 0.717) is 17.0 Å². The molecule has 1 aromatic carbocycles. The molecule has 0 unspecified atom stereocenters. The Bertz CT molecular complexity index is 734. The highest BCUT2D eigenvalue weighted by Gasteiger charge is 2.47. The van der Waals surface area contributed by atoms with Crippen LogP contribution < -0.4 is 5.46 Å². The molecule has 1 amide bonds. The second-order valence-corrected chi connectivity index (χ2v) is 9.71. The fourth-order valence-corrected chi connectivity index (χ4v) is 4.47. The lowest BCUT2D eigenvalue weighted by atomic mass is 9.71. The first-order chi connectivity index (χ1) is 13.0. The van der Waals surface area contributed by atoms with E-state index in [1.807, 2.05) is 33.8 Å². The number of nitrogens with zero attached hydrogens (tertiary/aromatic N) is 2. The smallest absolute Gasteiger partial charge is 0.444 e. The average Bonchev–Trinajstić information content (AvgIpc) is 2.53. The van der Waals surface area contributed by atoms with Gasteiger partial charge in [0.1, 0.15) is 5.60 Å². The number of piperidine rings is 1. The number of hydrogen-bond donors (Lipinski definition) is 2. The van der Waals surface area contributed by atoms with Gasteiger partial charge >= 0.3 is 13.2 Å². The molecule has 8 heteroatoms. The fourth-order valence-electron chi connectivity index (χ4n) is 4.19. The van der Waals surface area contributed by atoms with Crippen molar-refractivity contribution in [3.8, 4) is 0 Å². The monoisotopic (exact) mass is 408 g/mol. The normalized spacial score (nSPS) is 19.5. The molecule has 1 spiro atoms. The van der Waals surface area contributed by atoms with Crippen LogP contribution in [0.5, 0.6) is 0 Å². The van der Waals surface area contributed by atoms with Crippen LogP contribution in [0.2, 0.25) is 5.02 Å². The molecule has 0 radical (unpaired) electrons. The molecule has 28 heavy (non-hydrogen) atoms.